The van der Waals surface area contributed by atoms with Gasteiger partial charge in [-0.15, -0.1) is 0 Å². The minimum absolute atomic E-state index is 0.0590. The normalized spacial score (nSPS) is 13.7. The molecule has 1 N–H and O–H groups in total. The van der Waals surface area contributed by atoms with Crippen molar-refractivity contribution in [1.82, 2.24) is 9.03 Å². The predicted molar refractivity (Wildman–Crippen MR) is 85.7 cm³/mol. The van der Waals surface area contributed by atoms with Gasteiger partial charge < -0.3 is 4.74 Å². The van der Waals surface area contributed by atoms with Gasteiger partial charge in [-0.3, -0.25) is 0 Å². The highest BCUT2D eigenvalue weighted by atomic mass is 32.2. The summed E-state index contributed by atoms with van der Waals surface area (Å²) in [6.07, 6.45) is 1.57. The highest BCUT2D eigenvalue weighted by Gasteiger charge is 2.22. The molecule has 1 atom stereocenters. The second-order valence-corrected chi connectivity index (χ2v) is 7.28. The number of ether oxygens (including phenoxy) is 1. The maximum atomic E-state index is 12.1. The van der Waals surface area contributed by atoms with E-state index in [0.717, 1.165) is 18.6 Å². The van der Waals surface area contributed by atoms with Crippen molar-refractivity contribution in [3.05, 3.63) is 29.8 Å². The van der Waals surface area contributed by atoms with Gasteiger partial charge in [-0.2, -0.15) is 17.4 Å². The van der Waals surface area contributed by atoms with Gasteiger partial charge in [0.05, 0.1) is 7.11 Å². The minimum atomic E-state index is -3.41. The number of nitrogens with zero attached hydrogens (tertiary/aromatic N) is 1. The van der Waals surface area contributed by atoms with Gasteiger partial charge in [-0.25, -0.2) is 0 Å². The molecule has 21 heavy (non-hydrogen) atoms. The zero-order valence-electron chi connectivity index (χ0n) is 13.5. The van der Waals surface area contributed by atoms with Crippen molar-refractivity contribution in [3.63, 3.8) is 0 Å². The zero-order valence-corrected chi connectivity index (χ0v) is 14.3. The molecular formula is C15H26N2O3S. The van der Waals surface area contributed by atoms with Crippen LogP contribution in [0.25, 0.3) is 0 Å². The van der Waals surface area contributed by atoms with Crippen LogP contribution in [0.3, 0.4) is 0 Å². The van der Waals surface area contributed by atoms with Crippen molar-refractivity contribution in [1.29, 1.82) is 0 Å². The third-order valence-electron chi connectivity index (χ3n) is 3.48. The molecule has 1 aromatic rings. The van der Waals surface area contributed by atoms with Crippen LogP contribution in [0.5, 0.6) is 5.75 Å². The number of aryl methyl sites for hydroxylation is 1. The van der Waals surface area contributed by atoms with E-state index >= 15 is 0 Å². The van der Waals surface area contributed by atoms with E-state index in [-0.39, 0.29) is 12.1 Å². The lowest BCUT2D eigenvalue weighted by Gasteiger charge is -2.24. The Morgan fingerprint density at radius 2 is 1.76 bits per heavy atom. The lowest BCUT2D eigenvalue weighted by atomic mass is 10.1. The summed E-state index contributed by atoms with van der Waals surface area (Å²) < 4.78 is 33.3. The molecule has 6 heteroatoms. The first-order chi connectivity index (χ1) is 9.76. The van der Waals surface area contributed by atoms with E-state index < -0.39 is 10.2 Å². The Hall–Kier alpha value is -1.11. The number of rotatable bonds is 8. The Morgan fingerprint density at radius 3 is 2.24 bits per heavy atom. The summed E-state index contributed by atoms with van der Waals surface area (Å²) in [6, 6.07) is 7.66. The molecule has 0 radical (unpaired) electrons. The summed E-state index contributed by atoms with van der Waals surface area (Å²) in [7, 11) is -0.188. The van der Waals surface area contributed by atoms with E-state index in [4.69, 9.17) is 4.74 Å². The quantitative estimate of drug-likeness (QED) is 0.800. The standard InChI is InChI=1S/C15H26N2O3S/c1-12(2)17(4)21(18,19)16-13(3)6-7-14-8-10-15(20-5)11-9-14/h8-13,16H,6-7H2,1-5H3/t13-/m1/s1. The molecule has 1 rings (SSSR count). The van der Waals surface area contributed by atoms with Gasteiger partial charge in [0.15, 0.2) is 0 Å². The number of methoxy groups -OCH3 is 1. The summed E-state index contributed by atoms with van der Waals surface area (Å²) >= 11 is 0. The summed E-state index contributed by atoms with van der Waals surface area (Å²) in [4.78, 5) is 0. The van der Waals surface area contributed by atoms with E-state index in [2.05, 4.69) is 4.72 Å². The first kappa shape index (κ1) is 17.9. The van der Waals surface area contributed by atoms with Gasteiger partial charge in [-0.05, 0) is 51.3 Å². The van der Waals surface area contributed by atoms with Crippen molar-refractivity contribution in [2.75, 3.05) is 14.2 Å². The van der Waals surface area contributed by atoms with Crippen molar-refractivity contribution in [2.45, 2.75) is 45.7 Å². The van der Waals surface area contributed by atoms with Gasteiger partial charge in [0.2, 0.25) is 0 Å². The Kier molecular flexibility index (Phi) is 6.64. The molecule has 0 aromatic heterocycles. The highest BCUT2D eigenvalue weighted by molar-refractivity contribution is 7.87. The van der Waals surface area contributed by atoms with E-state index in [1.54, 1.807) is 14.2 Å². The molecule has 1 aromatic carbocycles. The predicted octanol–water partition coefficient (Wildman–Crippen LogP) is 2.19. The first-order valence-corrected chi connectivity index (χ1v) is 8.58. The fraction of sp³-hybridized carbons (Fsp3) is 0.600. The molecule has 0 aliphatic rings. The number of nitrogens with one attached hydrogen (secondary N) is 1. The van der Waals surface area contributed by atoms with Gasteiger partial charge in [-0.1, -0.05) is 12.1 Å². The van der Waals surface area contributed by atoms with E-state index in [1.807, 2.05) is 45.0 Å². The summed E-state index contributed by atoms with van der Waals surface area (Å²) in [5.74, 6) is 0.825. The topological polar surface area (TPSA) is 58.6 Å². The average molecular weight is 314 g/mol. The molecule has 0 unspecified atom stereocenters. The molecule has 0 heterocycles. The van der Waals surface area contributed by atoms with E-state index in [0.29, 0.717) is 0 Å². The van der Waals surface area contributed by atoms with Crippen molar-refractivity contribution in [3.8, 4) is 5.75 Å². The zero-order chi connectivity index (χ0) is 16.0. The molecular weight excluding hydrogens is 288 g/mol. The van der Waals surface area contributed by atoms with Crippen LogP contribution >= 0.6 is 0 Å². The maximum Gasteiger partial charge on any atom is 0.279 e. The molecule has 0 fully saturated rings. The Labute approximate surface area is 128 Å². The molecule has 5 nitrogen and oxygen atoms in total. The summed E-state index contributed by atoms with van der Waals surface area (Å²) in [6.45, 7) is 5.58. The van der Waals surface area contributed by atoms with Crippen molar-refractivity contribution >= 4 is 10.2 Å². The largest absolute Gasteiger partial charge is 0.497 e. The Morgan fingerprint density at radius 1 is 1.19 bits per heavy atom. The van der Waals surface area contributed by atoms with Crippen LogP contribution in [0.15, 0.2) is 24.3 Å². The molecule has 0 saturated carbocycles. The van der Waals surface area contributed by atoms with Gasteiger partial charge in [0, 0.05) is 19.1 Å². The van der Waals surface area contributed by atoms with E-state index in [9.17, 15) is 8.42 Å². The molecule has 0 spiro atoms. The van der Waals surface area contributed by atoms with Crippen LogP contribution < -0.4 is 9.46 Å². The molecule has 0 amide bonds. The van der Waals surface area contributed by atoms with Gasteiger partial charge >= 0.3 is 0 Å². The SMILES string of the molecule is COc1ccc(CC[C@@H](C)NS(=O)(=O)N(C)C(C)C)cc1. The lowest BCUT2D eigenvalue weighted by molar-refractivity contribution is 0.395. The highest BCUT2D eigenvalue weighted by Crippen LogP contribution is 2.13. The second kappa shape index (κ2) is 7.77. The first-order valence-electron chi connectivity index (χ1n) is 7.14. The van der Waals surface area contributed by atoms with Gasteiger partial charge in [0.1, 0.15) is 5.75 Å². The van der Waals surface area contributed by atoms with Crippen LogP contribution in [-0.4, -0.2) is 39.0 Å². The van der Waals surface area contributed by atoms with Crippen LogP contribution in [0.4, 0.5) is 0 Å². The summed E-state index contributed by atoms with van der Waals surface area (Å²) in [5, 5.41) is 0. The number of hydrogen-bond acceptors (Lipinski definition) is 3. The smallest absolute Gasteiger partial charge is 0.279 e. The molecule has 0 bridgehead atoms. The monoisotopic (exact) mass is 314 g/mol. The van der Waals surface area contributed by atoms with Crippen molar-refractivity contribution < 1.29 is 13.2 Å². The average Bonchev–Trinajstić information content (AvgIpc) is 2.44. The van der Waals surface area contributed by atoms with Crippen LogP contribution in [0, 0.1) is 0 Å². The van der Waals surface area contributed by atoms with Crippen molar-refractivity contribution in [2.24, 2.45) is 0 Å². The van der Waals surface area contributed by atoms with Crippen LogP contribution in [0.1, 0.15) is 32.8 Å². The van der Waals surface area contributed by atoms with Crippen LogP contribution in [0.2, 0.25) is 0 Å². The minimum Gasteiger partial charge on any atom is -0.497 e. The fourth-order valence-corrected chi connectivity index (χ4v) is 3.20. The number of benzene rings is 1. The molecule has 0 aliphatic heterocycles. The molecule has 120 valence electrons. The molecule has 0 saturated heterocycles. The van der Waals surface area contributed by atoms with Gasteiger partial charge in [0.25, 0.3) is 10.2 Å². The Bertz CT molecular complexity index is 526. The third kappa shape index (κ3) is 5.65. The van der Waals surface area contributed by atoms with Crippen LogP contribution in [-0.2, 0) is 16.6 Å². The fourth-order valence-electron chi connectivity index (χ4n) is 1.85. The second-order valence-electron chi connectivity index (χ2n) is 5.52. The Balaban J connectivity index is 2.51. The van der Waals surface area contributed by atoms with E-state index in [1.165, 1.54) is 9.87 Å². The maximum absolute atomic E-state index is 12.1. The third-order valence-corrected chi connectivity index (χ3v) is 5.36. The molecule has 0 aliphatic carbocycles. The number of hydrogen-bond donors (Lipinski definition) is 1. The lowest BCUT2D eigenvalue weighted by Crippen LogP contribution is -2.45. The summed E-state index contributed by atoms with van der Waals surface area (Å²) in [5.41, 5.74) is 1.17.